The van der Waals surface area contributed by atoms with Gasteiger partial charge in [0.05, 0.1) is 0 Å². The van der Waals surface area contributed by atoms with Crippen LogP contribution in [0, 0.1) is 12.0 Å². The molecule has 0 aliphatic heterocycles. The van der Waals surface area contributed by atoms with Crippen LogP contribution in [0.25, 0.3) is 27.1 Å². The van der Waals surface area contributed by atoms with E-state index in [4.69, 9.17) is 0 Å². The molecule has 1 fully saturated rings. The zero-order chi connectivity index (χ0) is 29.8. The number of hydrogen-bond acceptors (Lipinski definition) is 0. The van der Waals surface area contributed by atoms with E-state index in [1.54, 1.807) is 27.4 Å². The molecular weight excluding hydrogens is 643 g/mol. The zero-order valence-electron chi connectivity index (χ0n) is 27.4. The molecule has 0 bridgehead atoms. The minimum atomic E-state index is 0. The number of benzene rings is 3. The van der Waals surface area contributed by atoms with E-state index in [0.717, 1.165) is 0 Å². The third kappa shape index (κ3) is 10.2. The van der Waals surface area contributed by atoms with Gasteiger partial charge in [-0.25, -0.2) is 5.57 Å². The van der Waals surface area contributed by atoms with E-state index in [1.165, 1.54) is 81.5 Å². The average molecular weight is 691 g/mol. The van der Waals surface area contributed by atoms with Crippen LogP contribution in [0.15, 0.2) is 84.4 Å². The van der Waals surface area contributed by atoms with Crippen molar-refractivity contribution >= 4 is 30.3 Å². The third-order valence-corrected chi connectivity index (χ3v) is 9.48. The van der Waals surface area contributed by atoms with Crippen LogP contribution in [-0.4, -0.2) is 3.21 Å². The van der Waals surface area contributed by atoms with Crippen LogP contribution in [0.1, 0.15) is 104 Å². The predicted octanol–water partition coefficient (Wildman–Crippen LogP) is 5.45. The van der Waals surface area contributed by atoms with Crippen molar-refractivity contribution in [2.24, 2.45) is 5.92 Å². The van der Waals surface area contributed by atoms with E-state index in [2.05, 4.69) is 134 Å². The van der Waals surface area contributed by atoms with Crippen LogP contribution in [-0.2, 0) is 35.1 Å². The molecule has 6 rings (SSSR count). The Balaban J connectivity index is 0.000000250. The second kappa shape index (κ2) is 16.1. The van der Waals surface area contributed by atoms with Gasteiger partial charge in [0.15, 0.2) is 0 Å². The van der Waals surface area contributed by atoms with Crippen molar-refractivity contribution in [2.75, 3.05) is 0 Å². The Morgan fingerprint density at radius 3 is 1.58 bits per heavy atom. The first kappa shape index (κ1) is 37.5. The molecule has 228 valence electrons. The van der Waals surface area contributed by atoms with Gasteiger partial charge in [0.25, 0.3) is 0 Å². The van der Waals surface area contributed by atoms with Crippen molar-refractivity contribution in [1.29, 1.82) is 0 Å². The first-order valence-electron chi connectivity index (χ1n) is 15.4. The molecule has 4 aromatic rings. The number of halogens is 2. The number of allylic oxidation sites excluding steroid dienone is 4. The van der Waals surface area contributed by atoms with Crippen molar-refractivity contribution in [3.63, 3.8) is 0 Å². The third-order valence-electron chi connectivity index (χ3n) is 8.25. The summed E-state index contributed by atoms with van der Waals surface area (Å²) in [5.41, 5.74) is 7.12. The van der Waals surface area contributed by atoms with Crippen molar-refractivity contribution in [1.82, 2.24) is 0 Å². The van der Waals surface area contributed by atoms with Crippen LogP contribution in [0.3, 0.4) is 0 Å². The number of rotatable bonds is 1. The number of fused-ring (bicyclic) bond motifs is 3. The maximum atomic E-state index is 3.39. The molecule has 0 radical (unpaired) electrons. The molecule has 1 saturated carbocycles. The van der Waals surface area contributed by atoms with E-state index < -0.39 is 0 Å². The summed E-state index contributed by atoms with van der Waals surface area (Å²) in [7, 11) is 0. The van der Waals surface area contributed by atoms with Crippen molar-refractivity contribution in [3.8, 4) is 0 Å². The molecule has 0 heterocycles. The Bertz CT molecular complexity index is 1480. The summed E-state index contributed by atoms with van der Waals surface area (Å²) in [5.74, 6) is 0.468. The molecule has 0 saturated heterocycles. The van der Waals surface area contributed by atoms with Gasteiger partial charge in [-0.2, -0.15) is 11.6 Å². The fraction of sp³-hybridized carbons (Fsp3) is 0.400. The Morgan fingerprint density at radius 1 is 0.721 bits per heavy atom. The summed E-state index contributed by atoms with van der Waals surface area (Å²) in [6.07, 6.45) is 13.0. The molecule has 0 spiro atoms. The van der Waals surface area contributed by atoms with Crippen LogP contribution < -0.4 is 24.8 Å². The van der Waals surface area contributed by atoms with Gasteiger partial charge in [-0.15, -0.1) is 45.3 Å². The van der Waals surface area contributed by atoms with E-state index in [1.807, 2.05) is 6.07 Å². The Kier molecular flexibility index (Phi) is 14.0. The standard InChI is InChI=1S/C21H25.C13H13.C6H10.2ClH.Zr/c1-20(2,3)16-9-7-14-11-15-8-10-17(21(4,5)6)13-19(15)18(14)12-16;1-10-8-11(2)13(9-10)12-6-4-3-5-7-12;1-2-4-6-5-3-1;;;/h7-13H,1-6H3;3-7,9-10H,1-2H3;1-5H2;2*1H;/q2*-1;;;;+2/p-2. The molecule has 0 nitrogen and oxygen atoms in total. The minimum absolute atomic E-state index is 0. The SMILES string of the molecule is CC(C)(C)c1ccc2[cH-]c3ccc(C(C)(C)C)cc3c2c1.CC1=[C-]C(C)C=C1c1ccccc1.[Cl-].[Cl-].[Zr+2]=[C]1CCCCC1. The van der Waals surface area contributed by atoms with E-state index in [9.17, 15) is 0 Å². The molecule has 2 aliphatic carbocycles. The molecule has 3 heteroatoms. The van der Waals surface area contributed by atoms with Gasteiger partial charge < -0.3 is 24.8 Å². The average Bonchev–Trinajstić information content (AvgIpc) is 3.47. The summed E-state index contributed by atoms with van der Waals surface area (Å²) in [4.78, 5) is 0. The van der Waals surface area contributed by atoms with Gasteiger partial charge >= 0.3 is 59.5 Å². The van der Waals surface area contributed by atoms with Gasteiger partial charge in [0.2, 0.25) is 0 Å². The van der Waals surface area contributed by atoms with Gasteiger partial charge in [0.1, 0.15) is 0 Å². The monoisotopic (exact) mass is 688 g/mol. The fourth-order valence-electron chi connectivity index (χ4n) is 5.68. The van der Waals surface area contributed by atoms with E-state index in [-0.39, 0.29) is 35.6 Å². The van der Waals surface area contributed by atoms with Gasteiger partial charge in [-0.3, -0.25) is 6.08 Å². The summed E-state index contributed by atoms with van der Waals surface area (Å²) < 4.78 is 1.80. The second-order valence-corrected chi connectivity index (χ2v) is 15.7. The Hall–Kier alpha value is -1.66. The molecule has 0 N–H and O–H groups in total. The summed E-state index contributed by atoms with van der Waals surface area (Å²) in [5, 5.41) is 5.49. The molecule has 4 aromatic carbocycles. The van der Waals surface area contributed by atoms with Crippen molar-refractivity contribution in [3.05, 3.63) is 107 Å². The molecule has 0 amide bonds. The molecular formula is C40H48Cl2Zr-2. The first-order valence-corrected chi connectivity index (χ1v) is 16.6. The van der Waals surface area contributed by atoms with Crippen LogP contribution in [0.5, 0.6) is 0 Å². The maximum absolute atomic E-state index is 3.39. The fourth-order valence-corrected chi connectivity index (χ4v) is 6.55. The molecule has 43 heavy (non-hydrogen) atoms. The second-order valence-electron chi connectivity index (χ2n) is 13.9. The Morgan fingerprint density at radius 2 is 1.21 bits per heavy atom. The van der Waals surface area contributed by atoms with Gasteiger partial charge in [-0.05, 0) is 10.8 Å². The zero-order valence-corrected chi connectivity index (χ0v) is 31.3. The van der Waals surface area contributed by atoms with Crippen LogP contribution in [0.4, 0.5) is 0 Å². The molecule has 1 atom stereocenters. The van der Waals surface area contributed by atoms with Gasteiger partial charge in [0, 0.05) is 0 Å². The predicted molar refractivity (Wildman–Crippen MR) is 179 cm³/mol. The summed E-state index contributed by atoms with van der Waals surface area (Å²) in [6, 6.07) is 26.6. The topological polar surface area (TPSA) is 0 Å². The summed E-state index contributed by atoms with van der Waals surface area (Å²) in [6.45, 7) is 18.0. The first-order chi connectivity index (χ1) is 19.3. The van der Waals surface area contributed by atoms with E-state index in [0.29, 0.717) is 5.92 Å². The van der Waals surface area contributed by atoms with Crippen molar-refractivity contribution < 1.29 is 49.0 Å². The molecule has 1 unspecified atom stereocenters. The van der Waals surface area contributed by atoms with Gasteiger partial charge in [-0.1, -0.05) is 127 Å². The molecule has 0 aromatic heterocycles. The molecule has 2 aliphatic rings. The number of hydrogen-bond donors (Lipinski definition) is 0. The Labute approximate surface area is 288 Å². The van der Waals surface area contributed by atoms with Crippen LogP contribution >= 0.6 is 0 Å². The van der Waals surface area contributed by atoms with Crippen molar-refractivity contribution in [2.45, 2.75) is 98.3 Å². The normalized spacial score (nSPS) is 16.6. The van der Waals surface area contributed by atoms with Crippen LogP contribution in [0.2, 0.25) is 0 Å². The summed E-state index contributed by atoms with van der Waals surface area (Å²) >= 11 is 1.69. The van der Waals surface area contributed by atoms with E-state index >= 15 is 0 Å². The quantitative estimate of drug-likeness (QED) is 0.233.